The molecule has 0 fully saturated rings. The van der Waals surface area contributed by atoms with E-state index in [4.69, 9.17) is 34.8 Å². The summed E-state index contributed by atoms with van der Waals surface area (Å²) in [5, 5.41) is 0. The summed E-state index contributed by atoms with van der Waals surface area (Å²) in [4.78, 5) is 0. The summed E-state index contributed by atoms with van der Waals surface area (Å²) in [6.07, 6.45) is 0. The monoisotopic (exact) mass is 182 g/mol. The van der Waals surface area contributed by atoms with Gasteiger partial charge in [-0.1, -0.05) is 34.8 Å². The first-order valence-electron chi connectivity index (χ1n) is 1.69. The van der Waals surface area contributed by atoms with E-state index in [-0.39, 0.29) is 0 Å². The summed E-state index contributed by atoms with van der Waals surface area (Å²) < 4.78 is 21.2. The molecule has 0 aromatic rings. The molecule has 0 unspecified atom stereocenters. The van der Waals surface area contributed by atoms with E-state index in [1.807, 2.05) is 0 Å². The summed E-state index contributed by atoms with van der Waals surface area (Å²) in [6, 6.07) is 0. The Bertz CT molecular complexity index is 67.5. The van der Waals surface area contributed by atoms with Crippen molar-refractivity contribution in [3.8, 4) is 0 Å². The third kappa shape index (κ3) is 2.33. The van der Waals surface area contributed by atoms with Gasteiger partial charge in [0.05, 0.1) is 0 Å². The molecule has 0 radical (unpaired) electrons. The zero-order valence-electron chi connectivity index (χ0n) is 3.89. The van der Waals surface area contributed by atoms with Gasteiger partial charge in [0.1, 0.15) is 0 Å². The van der Waals surface area contributed by atoms with Gasteiger partial charge in [0.2, 0.25) is 0 Å². The molecule has 50 valence electrons. The molecule has 0 aliphatic carbocycles. The van der Waals surface area contributed by atoms with Crippen LogP contribution in [-0.4, -0.2) is 9.72 Å². The van der Waals surface area contributed by atoms with E-state index in [0.717, 1.165) is 0 Å². The number of alkyl halides is 5. The summed E-state index contributed by atoms with van der Waals surface area (Å²) in [5.41, 5.74) is 0. The fraction of sp³-hybridized carbons (Fsp3) is 1.00. The highest BCUT2D eigenvalue weighted by Gasteiger charge is 2.45. The first kappa shape index (κ1) is 8.73. The molecule has 0 rings (SSSR count). The van der Waals surface area contributed by atoms with Gasteiger partial charge >= 0.3 is 0 Å². The van der Waals surface area contributed by atoms with Gasteiger partial charge in [-0.2, -0.15) is 0 Å². The second-order valence-electron chi connectivity index (χ2n) is 1.39. The van der Waals surface area contributed by atoms with E-state index in [2.05, 4.69) is 0 Å². The highest BCUT2D eigenvalue weighted by atomic mass is 35.6. The first-order chi connectivity index (χ1) is 3.25. The fourth-order valence-corrected chi connectivity index (χ4v) is 0. The molecule has 8 heavy (non-hydrogen) atoms. The molecule has 0 nitrogen and oxygen atoms in total. The topological polar surface area (TPSA) is 0 Å². The maximum Gasteiger partial charge on any atom is 0.291 e. The van der Waals surface area contributed by atoms with Crippen LogP contribution in [0.5, 0.6) is 0 Å². The number of rotatable bonds is 0. The Kier molecular flexibility index (Phi) is 2.36. The smallest absolute Gasteiger partial charge is 0.202 e. The minimum absolute atomic E-state index is 0.542. The highest BCUT2D eigenvalue weighted by molar-refractivity contribution is 6.68. The van der Waals surface area contributed by atoms with Gasteiger partial charge in [-0.25, -0.2) is 8.78 Å². The second kappa shape index (κ2) is 2.16. The van der Waals surface area contributed by atoms with Crippen molar-refractivity contribution in [1.29, 1.82) is 0 Å². The second-order valence-corrected chi connectivity index (χ2v) is 3.67. The van der Waals surface area contributed by atoms with Crippen LogP contribution in [0.4, 0.5) is 8.78 Å². The Morgan fingerprint density at radius 1 is 1.12 bits per heavy atom. The molecule has 0 saturated carbocycles. The number of hydrogen-bond donors (Lipinski definition) is 0. The van der Waals surface area contributed by atoms with Crippen LogP contribution < -0.4 is 0 Å². The summed E-state index contributed by atoms with van der Waals surface area (Å²) in [7, 11) is 0. The maximum absolute atomic E-state index is 11.8. The molecule has 0 aromatic heterocycles. The molecule has 0 heterocycles. The van der Waals surface area contributed by atoms with Gasteiger partial charge < -0.3 is 0 Å². The lowest BCUT2D eigenvalue weighted by atomic mass is 10.4. The van der Waals surface area contributed by atoms with Crippen molar-refractivity contribution in [2.75, 3.05) is 0 Å². The lowest BCUT2D eigenvalue weighted by Gasteiger charge is -2.18. The normalized spacial score (nSPS) is 14.2. The molecule has 0 amide bonds. The van der Waals surface area contributed by atoms with Gasteiger partial charge in [-0.15, -0.1) is 0 Å². The van der Waals surface area contributed by atoms with Gasteiger partial charge in [0.15, 0.2) is 0 Å². The van der Waals surface area contributed by atoms with Crippen LogP contribution in [0.1, 0.15) is 6.92 Å². The summed E-state index contributed by atoms with van der Waals surface area (Å²) in [6.45, 7) is 0.542. The van der Waals surface area contributed by atoms with Gasteiger partial charge in [0, 0.05) is 6.92 Å². The lowest BCUT2D eigenvalue weighted by Crippen LogP contribution is -2.29. The van der Waals surface area contributed by atoms with E-state index in [1.165, 1.54) is 0 Å². The minimum atomic E-state index is -3.27. The van der Waals surface area contributed by atoms with Crippen LogP contribution in [0.15, 0.2) is 0 Å². The molecule has 0 aliphatic rings. The van der Waals surface area contributed by atoms with Gasteiger partial charge in [-0.05, 0) is 0 Å². The minimum Gasteiger partial charge on any atom is -0.202 e. The Hall–Kier alpha value is 0.730. The molecular weight excluding hydrogens is 180 g/mol. The van der Waals surface area contributed by atoms with Crippen LogP contribution in [0.3, 0.4) is 0 Å². The molecule has 0 atom stereocenters. The van der Waals surface area contributed by atoms with E-state index >= 15 is 0 Å². The molecular formula is C3H3Cl3F2. The molecule has 0 spiro atoms. The van der Waals surface area contributed by atoms with Crippen molar-refractivity contribution in [2.24, 2.45) is 0 Å². The van der Waals surface area contributed by atoms with Crippen molar-refractivity contribution >= 4 is 34.8 Å². The maximum atomic E-state index is 11.8. The Morgan fingerprint density at radius 3 is 1.25 bits per heavy atom. The average Bonchev–Trinajstić information content (AvgIpc) is 1.25. The largest absolute Gasteiger partial charge is 0.291 e. The fourth-order valence-electron chi connectivity index (χ4n) is 0. The van der Waals surface area contributed by atoms with Gasteiger partial charge in [0.25, 0.3) is 9.72 Å². The lowest BCUT2D eigenvalue weighted by molar-refractivity contribution is 0.0263. The van der Waals surface area contributed by atoms with E-state index < -0.39 is 9.72 Å². The molecule has 0 saturated heterocycles. The third-order valence-corrected chi connectivity index (χ3v) is 1.49. The number of hydrogen-bond acceptors (Lipinski definition) is 0. The van der Waals surface area contributed by atoms with Gasteiger partial charge in [-0.3, -0.25) is 0 Å². The van der Waals surface area contributed by atoms with Crippen LogP contribution in [0, 0.1) is 0 Å². The predicted octanol–water partition coefficient (Wildman–Crippen LogP) is 3.01. The molecule has 5 heteroatoms. The number of halogens is 5. The molecule has 0 aliphatic heterocycles. The SMILES string of the molecule is CC(F)(F)C(Cl)(Cl)Cl. The Morgan fingerprint density at radius 2 is 1.25 bits per heavy atom. The van der Waals surface area contributed by atoms with Crippen LogP contribution in [-0.2, 0) is 0 Å². The van der Waals surface area contributed by atoms with Crippen molar-refractivity contribution in [3.05, 3.63) is 0 Å². The average molecular weight is 183 g/mol. The highest BCUT2D eigenvalue weighted by Crippen LogP contribution is 2.41. The van der Waals surface area contributed by atoms with Crippen LogP contribution >= 0.6 is 34.8 Å². The first-order valence-corrected chi connectivity index (χ1v) is 2.83. The summed E-state index contributed by atoms with van der Waals surface area (Å²) >= 11 is 14.4. The van der Waals surface area contributed by atoms with E-state index in [0.29, 0.717) is 6.92 Å². The van der Waals surface area contributed by atoms with E-state index in [1.54, 1.807) is 0 Å². The Balaban J connectivity index is 4.02. The standard InChI is InChI=1S/C3H3Cl3F2/c1-2(7,8)3(4,5)6/h1H3. The zero-order valence-corrected chi connectivity index (χ0v) is 6.16. The molecule has 0 N–H and O–H groups in total. The van der Waals surface area contributed by atoms with Crippen molar-refractivity contribution < 1.29 is 8.78 Å². The Labute approximate surface area is 60.7 Å². The van der Waals surface area contributed by atoms with Crippen LogP contribution in [0.25, 0.3) is 0 Å². The van der Waals surface area contributed by atoms with Crippen LogP contribution in [0.2, 0.25) is 0 Å². The molecule has 0 bridgehead atoms. The summed E-state index contributed by atoms with van der Waals surface area (Å²) in [5.74, 6) is -3.27. The van der Waals surface area contributed by atoms with Crippen molar-refractivity contribution in [1.82, 2.24) is 0 Å². The van der Waals surface area contributed by atoms with Crippen molar-refractivity contribution in [3.63, 3.8) is 0 Å². The van der Waals surface area contributed by atoms with E-state index in [9.17, 15) is 8.78 Å². The third-order valence-electron chi connectivity index (χ3n) is 0.498. The predicted molar refractivity (Wildman–Crippen MR) is 30.9 cm³/mol. The van der Waals surface area contributed by atoms with Crippen molar-refractivity contribution in [2.45, 2.75) is 16.6 Å². The zero-order chi connectivity index (χ0) is 7.00. The molecule has 0 aromatic carbocycles. The quantitative estimate of drug-likeness (QED) is 0.507.